The SMILES string of the molecule is Cc1sc2ncnc(NCCCN3CCN(c4ncccn4)CC3)c2c1C. The number of rotatable bonds is 6. The Labute approximate surface area is 163 Å². The largest absolute Gasteiger partial charge is 0.369 e. The van der Waals surface area contributed by atoms with Crippen molar-refractivity contribution in [1.82, 2.24) is 24.8 Å². The molecule has 3 aromatic heterocycles. The lowest BCUT2D eigenvalue weighted by Crippen LogP contribution is -2.47. The van der Waals surface area contributed by atoms with Crippen molar-refractivity contribution in [1.29, 1.82) is 0 Å². The zero-order chi connectivity index (χ0) is 18.6. The molecule has 27 heavy (non-hydrogen) atoms. The van der Waals surface area contributed by atoms with Crippen molar-refractivity contribution in [3.8, 4) is 0 Å². The number of thiophene rings is 1. The van der Waals surface area contributed by atoms with Crippen LogP contribution in [0.3, 0.4) is 0 Å². The fourth-order valence-electron chi connectivity index (χ4n) is 3.45. The fraction of sp³-hybridized carbons (Fsp3) is 0.474. The molecule has 0 aliphatic carbocycles. The number of fused-ring (bicyclic) bond motifs is 1. The number of piperazine rings is 1. The summed E-state index contributed by atoms with van der Waals surface area (Å²) in [6, 6.07) is 1.86. The molecule has 0 saturated carbocycles. The molecule has 1 fully saturated rings. The first-order valence-corrected chi connectivity index (χ1v) is 10.2. The van der Waals surface area contributed by atoms with Crippen molar-refractivity contribution < 1.29 is 0 Å². The van der Waals surface area contributed by atoms with Crippen LogP contribution in [0.25, 0.3) is 10.2 Å². The quantitative estimate of drug-likeness (QED) is 0.656. The van der Waals surface area contributed by atoms with Gasteiger partial charge in [0.1, 0.15) is 17.0 Å². The van der Waals surface area contributed by atoms with Crippen LogP contribution in [0, 0.1) is 13.8 Å². The minimum atomic E-state index is 0.841. The molecule has 142 valence electrons. The summed E-state index contributed by atoms with van der Waals surface area (Å²) in [4.78, 5) is 24.7. The van der Waals surface area contributed by atoms with Crippen molar-refractivity contribution in [3.63, 3.8) is 0 Å². The van der Waals surface area contributed by atoms with E-state index in [9.17, 15) is 0 Å². The second-order valence-electron chi connectivity index (χ2n) is 6.84. The van der Waals surface area contributed by atoms with Gasteiger partial charge in [0.15, 0.2) is 0 Å². The van der Waals surface area contributed by atoms with E-state index in [0.29, 0.717) is 0 Å². The second kappa shape index (κ2) is 8.14. The molecule has 1 saturated heterocycles. The first-order valence-electron chi connectivity index (χ1n) is 9.41. The Morgan fingerprint density at radius 1 is 1.04 bits per heavy atom. The second-order valence-corrected chi connectivity index (χ2v) is 8.05. The van der Waals surface area contributed by atoms with Crippen LogP contribution in [-0.4, -0.2) is 64.1 Å². The van der Waals surface area contributed by atoms with Gasteiger partial charge in [-0.05, 0) is 38.4 Å². The Morgan fingerprint density at radius 3 is 2.59 bits per heavy atom. The first-order chi connectivity index (χ1) is 13.2. The molecular formula is C19H25N7S. The lowest BCUT2D eigenvalue weighted by Gasteiger charge is -2.34. The summed E-state index contributed by atoms with van der Waals surface area (Å²) in [5.74, 6) is 1.81. The predicted molar refractivity (Wildman–Crippen MR) is 111 cm³/mol. The standard InChI is InChI=1S/C19H25N7S/c1-14-15(2)27-18-16(14)17(23-13-24-18)20-7-4-8-25-9-11-26(12-10-25)19-21-5-3-6-22-19/h3,5-6,13H,4,7-12H2,1-2H3,(H,20,23,24). The maximum atomic E-state index is 4.46. The Bertz CT molecular complexity index is 888. The molecule has 0 radical (unpaired) electrons. The highest BCUT2D eigenvalue weighted by molar-refractivity contribution is 7.18. The van der Waals surface area contributed by atoms with Gasteiger partial charge in [-0.15, -0.1) is 11.3 Å². The zero-order valence-corrected chi connectivity index (χ0v) is 16.7. The van der Waals surface area contributed by atoms with Crippen LogP contribution < -0.4 is 10.2 Å². The van der Waals surface area contributed by atoms with Gasteiger partial charge in [0.25, 0.3) is 0 Å². The number of hydrogen-bond acceptors (Lipinski definition) is 8. The highest BCUT2D eigenvalue weighted by Gasteiger charge is 2.18. The van der Waals surface area contributed by atoms with Gasteiger partial charge in [-0.25, -0.2) is 19.9 Å². The van der Waals surface area contributed by atoms with Crippen molar-refractivity contribution >= 4 is 33.3 Å². The molecule has 3 aromatic rings. The predicted octanol–water partition coefficient (Wildman–Crippen LogP) is 2.72. The van der Waals surface area contributed by atoms with E-state index >= 15 is 0 Å². The molecule has 4 heterocycles. The summed E-state index contributed by atoms with van der Waals surface area (Å²) >= 11 is 1.74. The Morgan fingerprint density at radius 2 is 1.81 bits per heavy atom. The highest BCUT2D eigenvalue weighted by atomic mass is 32.1. The fourth-order valence-corrected chi connectivity index (χ4v) is 4.45. The van der Waals surface area contributed by atoms with E-state index in [0.717, 1.165) is 62.3 Å². The number of nitrogens with one attached hydrogen (secondary N) is 1. The van der Waals surface area contributed by atoms with Gasteiger partial charge in [0, 0.05) is 50.0 Å². The zero-order valence-electron chi connectivity index (χ0n) is 15.9. The monoisotopic (exact) mass is 383 g/mol. The van der Waals surface area contributed by atoms with Crippen LogP contribution in [0.1, 0.15) is 16.9 Å². The molecule has 1 aliphatic rings. The molecule has 1 N–H and O–H groups in total. The molecule has 0 amide bonds. The summed E-state index contributed by atoms with van der Waals surface area (Å²) in [6.07, 6.45) is 6.36. The average Bonchev–Trinajstić information content (AvgIpc) is 3.01. The molecule has 8 heteroatoms. The minimum Gasteiger partial charge on any atom is -0.369 e. The van der Waals surface area contributed by atoms with E-state index in [1.807, 2.05) is 6.07 Å². The van der Waals surface area contributed by atoms with Crippen LogP contribution in [-0.2, 0) is 0 Å². The summed E-state index contributed by atoms with van der Waals surface area (Å²) in [5.41, 5.74) is 1.29. The molecule has 0 atom stereocenters. The number of anilines is 2. The molecule has 0 bridgehead atoms. The minimum absolute atomic E-state index is 0.841. The van der Waals surface area contributed by atoms with Crippen molar-refractivity contribution in [2.45, 2.75) is 20.3 Å². The highest BCUT2D eigenvalue weighted by Crippen LogP contribution is 2.32. The third-order valence-corrected chi connectivity index (χ3v) is 6.23. The summed E-state index contributed by atoms with van der Waals surface area (Å²) in [7, 11) is 0. The van der Waals surface area contributed by atoms with Crippen LogP contribution in [0.5, 0.6) is 0 Å². The van der Waals surface area contributed by atoms with E-state index in [1.165, 1.54) is 15.8 Å². The lowest BCUT2D eigenvalue weighted by atomic mass is 10.2. The normalized spacial score (nSPS) is 15.4. The van der Waals surface area contributed by atoms with Crippen molar-refractivity contribution in [3.05, 3.63) is 35.2 Å². The van der Waals surface area contributed by atoms with E-state index in [4.69, 9.17) is 0 Å². The number of aromatic nitrogens is 4. The summed E-state index contributed by atoms with van der Waals surface area (Å²) in [5, 5.41) is 4.69. The molecule has 0 aromatic carbocycles. The van der Waals surface area contributed by atoms with Gasteiger partial charge in [-0.1, -0.05) is 0 Å². The van der Waals surface area contributed by atoms with Crippen LogP contribution in [0.15, 0.2) is 24.8 Å². The van der Waals surface area contributed by atoms with E-state index < -0.39 is 0 Å². The van der Waals surface area contributed by atoms with Crippen LogP contribution in [0.2, 0.25) is 0 Å². The third kappa shape index (κ3) is 4.01. The number of hydrogen-bond donors (Lipinski definition) is 1. The number of nitrogens with zero attached hydrogens (tertiary/aromatic N) is 6. The van der Waals surface area contributed by atoms with Crippen molar-refractivity contribution in [2.24, 2.45) is 0 Å². The lowest BCUT2D eigenvalue weighted by molar-refractivity contribution is 0.256. The molecule has 0 unspecified atom stereocenters. The van der Waals surface area contributed by atoms with Crippen molar-refractivity contribution in [2.75, 3.05) is 49.5 Å². The summed E-state index contributed by atoms with van der Waals surface area (Å²) in [6.45, 7) is 10.4. The van der Waals surface area contributed by atoms with Gasteiger partial charge in [0.05, 0.1) is 5.39 Å². The van der Waals surface area contributed by atoms with Crippen LogP contribution >= 0.6 is 11.3 Å². The maximum absolute atomic E-state index is 4.46. The van der Waals surface area contributed by atoms with Gasteiger partial charge in [0.2, 0.25) is 5.95 Å². The smallest absolute Gasteiger partial charge is 0.225 e. The molecule has 4 rings (SSSR count). The van der Waals surface area contributed by atoms with Gasteiger partial charge in [-0.2, -0.15) is 0 Å². The Hall–Kier alpha value is -2.32. The van der Waals surface area contributed by atoms with E-state index in [2.05, 4.69) is 48.9 Å². The summed E-state index contributed by atoms with van der Waals surface area (Å²) < 4.78 is 0. The third-order valence-electron chi connectivity index (χ3n) is 5.12. The van der Waals surface area contributed by atoms with E-state index in [1.54, 1.807) is 30.1 Å². The maximum Gasteiger partial charge on any atom is 0.225 e. The Balaban J connectivity index is 1.25. The molecule has 0 spiro atoms. The number of aryl methyl sites for hydroxylation is 2. The molecular weight excluding hydrogens is 358 g/mol. The van der Waals surface area contributed by atoms with Gasteiger partial charge >= 0.3 is 0 Å². The topological polar surface area (TPSA) is 70.1 Å². The first kappa shape index (κ1) is 18.1. The van der Waals surface area contributed by atoms with Gasteiger partial charge < -0.3 is 10.2 Å². The van der Waals surface area contributed by atoms with Gasteiger partial charge in [-0.3, -0.25) is 4.90 Å². The average molecular weight is 384 g/mol. The Kier molecular flexibility index (Phi) is 5.45. The van der Waals surface area contributed by atoms with Crippen LogP contribution in [0.4, 0.5) is 11.8 Å². The molecule has 7 nitrogen and oxygen atoms in total. The molecule has 1 aliphatic heterocycles. The van der Waals surface area contributed by atoms with E-state index in [-0.39, 0.29) is 0 Å².